The van der Waals surface area contributed by atoms with E-state index in [0.717, 1.165) is 5.69 Å². The molecule has 21 heavy (non-hydrogen) atoms. The second kappa shape index (κ2) is 6.14. The molecule has 1 amide bonds. The van der Waals surface area contributed by atoms with Gasteiger partial charge in [0, 0.05) is 30.2 Å². The van der Waals surface area contributed by atoms with E-state index < -0.39 is 5.60 Å². The second-order valence-corrected chi connectivity index (χ2v) is 5.83. The normalized spacial score (nSPS) is 14.0. The Morgan fingerprint density at radius 2 is 1.81 bits per heavy atom. The van der Waals surface area contributed by atoms with Gasteiger partial charge < -0.3 is 15.0 Å². The molecule has 4 nitrogen and oxygen atoms in total. The van der Waals surface area contributed by atoms with Gasteiger partial charge in [0.2, 0.25) is 0 Å². The highest BCUT2D eigenvalue weighted by molar-refractivity contribution is 5.94. The molecule has 0 bridgehead atoms. The summed E-state index contributed by atoms with van der Waals surface area (Å²) in [5.41, 5.74) is 0.692. The van der Waals surface area contributed by atoms with Gasteiger partial charge in [0.05, 0.1) is 5.60 Å². The SMILES string of the molecule is CC(C)C(C)(O)CNC(=O)c1ccc(-n2cccc2)cc1. The highest BCUT2D eigenvalue weighted by atomic mass is 16.3. The highest BCUT2D eigenvalue weighted by Gasteiger charge is 2.25. The van der Waals surface area contributed by atoms with Gasteiger partial charge in [-0.3, -0.25) is 4.79 Å². The topological polar surface area (TPSA) is 54.3 Å². The van der Waals surface area contributed by atoms with Crippen molar-refractivity contribution in [1.29, 1.82) is 0 Å². The van der Waals surface area contributed by atoms with Gasteiger partial charge in [-0.1, -0.05) is 13.8 Å². The quantitative estimate of drug-likeness (QED) is 0.887. The largest absolute Gasteiger partial charge is 0.388 e. The van der Waals surface area contributed by atoms with Crippen LogP contribution in [0.25, 0.3) is 5.69 Å². The van der Waals surface area contributed by atoms with Gasteiger partial charge in [-0.05, 0) is 49.2 Å². The van der Waals surface area contributed by atoms with Crippen LogP contribution in [0.2, 0.25) is 0 Å². The summed E-state index contributed by atoms with van der Waals surface area (Å²) in [5.74, 6) is -0.0936. The molecule has 2 rings (SSSR count). The molecule has 1 aromatic heterocycles. The zero-order valence-corrected chi connectivity index (χ0v) is 12.7. The molecule has 0 saturated heterocycles. The third kappa shape index (κ3) is 3.73. The van der Waals surface area contributed by atoms with Crippen molar-refractivity contribution in [2.24, 2.45) is 5.92 Å². The number of benzene rings is 1. The van der Waals surface area contributed by atoms with E-state index in [1.165, 1.54) is 0 Å². The van der Waals surface area contributed by atoms with Gasteiger partial charge in [0.1, 0.15) is 0 Å². The molecule has 0 saturated carbocycles. The zero-order valence-electron chi connectivity index (χ0n) is 12.7. The summed E-state index contributed by atoms with van der Waals surface area (Å²) in [6, 6.07) is 11.3. The maximum Gasteiger partial charge on any atom is 0.251 e. The summed E-state index contributed by atoms with van der Waals surface area (Å²) in [6.07, 6.45) is 3.91. The van der Waals surface area contributed by atoms with E-state index in [-0.39, 0.29) is 18.4 Å². The number of aromatic nitrogens is 1. The lowest BCUT2D eigenvalue weighted by atomic mass is 9.92. The van der Waals surface area contributed by atoms with Crippen LogP contribution in [0, 0.1) is 5.92 Å². The Labute approximate surface area is 125 Å². The molecule has 1 unspecified atom stereocenters. The number of aliphatic hydroxyl groups is 1. The predicted molar refractivity (Wildman–Crippen MR) is 83.6 cm³/mol. The fraction of sp³-hybridized carbons (Fsp3) is 0.353. The second-order valence-electron chi connectivity index (χ2n) is 5.83. The van der Waals surface area contributed by atoms with Crippen LogP contribution in [0.15, 0.2) is 48.8 Å². The Bertz CT molecular complexity index is 584. The average Bonchev–Trinajstić information content (AvgIpc) is 2.99. The molecular weight excluding hydrogens is 264 g/mol. The fourth-order valence-corrected chi connectivity index (χ4v) is 1.86. The molecule has 1 heterocycles. The van der Waals surface area contributed by atoms with Gasteiger partial charge in [-0.2, -0.15) is 0 Å². The van der Waals surface area contributed by atoms with Gasteiger partial charge in [0.15, 0.2) is 0 Å². The summed E-state index contributed by atoms with van der Waals surface area (Å²) in [5, 5.41) is 12.9. The van der Waals surface area contributed by atoms with Crippen molar-refractivity contribution in [2.75, 3.05) is 6.54 Å². The molecule has 2 N–H and O–H groups in total. The van der Waals surface area contributed by atoms with Crippen LogP contribution >= 0.6 is 0 Å². The lowest BCUT2D eigenvalue weighted by Crippen LogP contribution is -2.44. The Morgan fingerprint density at radius 3 is 2.33 bits per heavy atom. The zero-order chi connectivity index (χ0) is 15.5. The lowest BCUT2D eigenvalue weighted by Gasteiger charge is -2.27. The van der Waals surface area contributed by atoms with E-state index in [1.54, 1.807) is 19.1 Å². The van der Waals surface area contributed by atoms with Crippen molar-refractivity contribution < 1.29 is 9.90 Å². The molecule has 0 radical (unpaired) electrons. The van der Waals surface area contributed by atoms with Gasteiger partial charge in [0.25, 0.3) is 5.91 Å². The standard InChI is InChI=1S/C17H22N2O2/c1-13(2)17(3,21)12-18-16(20)14-6-8-15(9-7-14)19-10-4-5-11-19/h4-11,13,21H,12H2,1-3H3,(H,18,20). The third-order valence-corrected chi connectivity index (χ3v) is 3.88. The molecule has 0 aliphatic carbocycles. The smallest absolute Gasteiger partial charge is 0.251 e. The molecule has 1 atom stereocenters. The number of nitrogens with one attached hydrogen (secondary N) is 1. The van der Waals surface area contributed by atoms with E-state index in [1.807, 2.05) is 55.1 Å². The molecule has 112 valence electrons. The Balaban J connectivity index is 2.01. The first-order chi connectivity index (χ1) is 9.90. The molecule has 0 spiro atoms. The van der Waals surface area contributed by atoms with Crippen molar-refractivity contribution in [3.63, 3.8) is 0 Å². The van der Waals surface area contributed by atoms with Crippen LogP contribution in [0.4, 0.5) is 0 Å². The van der Waals surface area contributed by atoms with Gasteiger partial charge in [-0.15, -0.1) is 0 Å². The van der Waals surface area contributed by atoms with E-state index in [2.05, 4.69) is 5.32 Å². The van der Waals surface area contributed by atoms with Crippen molar-refractivity contribution in [3.05, 3.63) is 54.4 Å². The lowest BCUT2D eigenvalue weighted by molar-refractivity contribution is 0.0142. The third-order valence-electron chi connectivity index (χ3n) is 3.88. The first-order valence-corrected chi connectivity index (χ1v) is 7.14. The fourth-order valence-electron chi connectivity index (χ4n) is 1.86. The maximum atomic E-state index is 12.1. The molecule has 2 aromatic rings. The van der Waals surface area contributed by atoms with Crippen LogP contribution < -0.4 is 5.32 Å². The summed E-state index contributed by atoms with van der Waals surface area (Å²) in [6.45, 7) is 5.83. The number of hydrogen-bond acceptors (Lipinski definition) is 2. The average molecular weight is 286 g/mol. The van der Waals surface area contributed by atoms with Crippen molar-refractivity contribution in [1.82, 2.24) is 9.88 Å². The minimum Gasteiger partial charge on any atom is -0.388 e. The summed E-state index contributed by atoms with van der Waals surface area (Å²) >= 11 is 0. The highest BCUT2D eigenvalue weighted by Crippen LogP contribution is 2.15. The van der Waals surface area contributed by atoms with E-state index in [0.29, 0.717) is 5.56 Å². The van der Waals surface area contributed by atoms with Crippen LogP contribution in [0.3, 0.4) is 0 Å². The van der Waals surface area contributed by atoms with Crippen LogP contribution in [0.5, 0.6) is 0 Å². The molecular formula is C17H22N2O2. The first-order valence-electron chi connectivity index (χ1n) is 7.14. The van der Waals surface area contributed by atoms with Gasteiger partial charge >= 0.3 is 0 Å². The van der Waals surface area contributed by atoms with Gasteiger partial charge in [-0.25, -0.2) is 0 Å². The Morgan fingerprint density at radius 1 is 1.24 bits per heavy atom. The molecule has 1 aromatic carbocycles. The summed E-state index contributed by atoms with van der Waals surface area (Å²) in [4.78, 5) is 12.1. The molecule has 0 fully saturated rings. The molecule has 0 aliphatic rings. The number of nitrogens with zero attached hydrogens (tertiary/aromatic N) is 1. The number of amides is 1. The minimum absolute atomic E-state index is 0.0777. The molecule has 0 aliphatic heterocycles. The Kier molecular flexibility index (Phi) is 4.48. The Hall–Kier alpha value is -2.07. The first kappa shape index (κ1) is 15.3. The number of rotatable bonds is 5. The van der Waals surface area contributed by atoms with Crippen molar-refractivity contribution in [3.8, 4) is 5.69 Å². The van der Waals surface area contributed by atoms with Crippen molar-refractivity contribution >= 4 is 5.91 Å². The summed E-state index contributed by atoms with van der Waals surface area (Å²) < 4.78 is 1.98. The predicted octanol–water partition coefficient (Wildman–Crippen LogP) is 2.61. The number of carbonyl (C=O) groups is 1. The maximum absolute atomic E-state index is 12.1. The van der Waals surface area contributed by atoms with E-state index in [9.17, 15) is 9.90 Å². The van der Waals surface area contributed by atoms with Crippen molar-refractivity contribution in [2.45, 2.75) is 26.4 Å². The van der Waals surface area contributed by atoms with E-state index >= 15 is 0 Å². The number of carbonyl (C=O) groups excluding carboxylic acids is 1. The monoisotopic (exact) mass is 286 g/mol. The van der Waals surface area contributed by atoms with Crippen LogP contribution in [-0.4, -0.2) is 27.7 Å². The summed E-state index contributed by atoms with van der Waals surface area (Å²) in [7, 11) is 0. The molecule has 4 heteroatoms. The van der Waals surface area contributed by atoms with Crippen LogP contribution in [-0.2, 0) is 0 Å². The van der Waals surface area contributed by atoms with E-state index in [4.69, 9.17) is 0 Å². The minimum atomic E-state index is -0.902. The van der Waals surface area contributed by atoms with Crippen LogP contribution in [0.1, 0.15) is 31.1 Å². The number of hydrogen-bond donors (Lipinski definition) is 2.